The van der Waals surface area contributed by atoms with Crippen LogP contribution in [0.5, 0.6) is 0 Å². The van der Waals surface area contributed by atoms with E-state index in [1.54, 1.807) is 0 Å². The number of carbonyl (C=O) groups excluding carboxylic acids is 1. The summed E-state index contributed by atoms with van der Waals surface area (Å²) < 4.78 is 0. The molecule has 4 fully saturated rings. The van der Waals surface area contributed by atoms with Gasteiger partial charge in [-0.05, 0) is 110 Å². The molecule has 5 aliphatic rings. The highest BCUT2D eigenvalue weighted by molar-refractivity contribution is 5.95. The average Bonchev–Trinajstić information content (AvgIpc) is 2.84. The minimum atomic E-state index is -0.711. The molecule has 6 N–H and O–H groups in total. The van der Waals surface area contributed by atoms with Gasteiger partial charge in [0, 0.05) is 19.0 Å². The number of aliphatic carboxylic acids is 1. The van der Waals surface area contributed by atoms with Crippen LogP contribution in [-0.4, -0.2) is 41.2 Å². The lowest BCUT2D eigenvalue weighted by Crippen LogP contribution is -2.66. The molecule has 0 saturated heterocycles. The highest BCUT2D eigenvalue weighted by atomic mass is 16.4. The van der Waals surface area contributed by atoms with Gasteiger partial charge >= 0.3 is 5.97 Å². The monoisotopic (exact) mass is 530 g/mol. The Labute approximate surface area is 230 Å². The first kappa shape index (κ1) is 29.7. The van der Waals surface area contributed by atoms with Crippen molar-refractivity contribution in [1.82, 2.24) is 0 Å². The van der Waals surface area contributed by atoms with Crippen LogP contribution in [0.15, 0.2) is 11.6 Å². The Morgan fingerprint density at radius 2 is 1.53 bits per heavy atom. The first-order valence-electron chi connectivity index (χ1n) is 15.0. The molecule has 0 radical (unpaired) electrons. The predicted molar refractivity (Wildman–Crippen MR) is 151 cm³/mol. The Morgan fingerprint density at radius 3 is 2.11 bits per heavy atom. The third-order valence-corrected chi connectivity index (χ3v) is 13.2. The van der Waals surface area contributed by atoms with Crippen molar-refractivity contribution in [3.63, 3.8) is 0 Å². The van der Waals surface area contributed by atoms with Crippen molar-refractivity contribution in [2.75, 3.05) is 13.1 Å². The van der Waals surface area contributed by atoms with Crippen LogP contribution < -0.4 is 11.5 Å². The van der Waals surface area contributed by atoms with Gasteiger partial charge in [-0.15, -0.1) is 0 Å². The summed E-state index contributed by atoms with van der Waals surface area (Å²) in [5.41, 5.74) is 9.95. The van der Waals surface area contributed by atoms with Crippen molar-refractivity contribution in [2.24, 2.45) is 61.7 Å². The zero-order chi connectivity index (χ0) is 28.5. The molecule has 5 aliphatic carbocycles. The summed E-state index contributed by atoms with van der Waals surface area (Å²) >= 11 is 0. The molecule has 6 nitrogen and oxygen atoms in total. The lowest BCUT2D eigenvalue weighted by atomic mass is 9.33. The number of carbonyl (C=O) groups is 2. The first-order valence-corrected chi connectivity index (χ1v) is 15.0. The van der Waals surface area contributed by atoms with Crippen LogP contribution >= 0.6 is 0 Å². The predicted octanol–water partition coefficient (Wildman–Crippen LogP) is 5.32. The fraction of sp³-hybridized carbons (Fsp3) is 0.875. The van der Waals surface area contributed by atoms with E-state index in [-0.39, 0.29) is 50.8 Å². The van der Waals surface area contributed by atoms with E-state index >= 15 is 0 Å². The number of hydrogen-bond donors (Lipinski definition) is 4. The largest absolute Gasteiger partial charge is 0.481 e. The molecule has 5 rings (SSSR count). The summed E-state index contributed by atoms with van der Waals surface area (Å²) in [4.78, 5) is 26.4. The maximum absolute atomic E-state index is 14.2. The van der Waals surface area contributed by atoms with Gasteiger partial charge in [-0.1, -0.05) is 47.1 Å². The van der Waals surface area contributed by atoms with Crippen LogP contribution in [0.1, 0.15) is 106 Å². The van der Waals surface area contributed by atoms with Crippen molar-refractivity contribution < 1.29 is 19.8 Å². The van der Waals surface area contributed by atoms with E-state index in [4.69, 9.17) is 11.5 Å². The number of aliphatic hydroxyl groups excluding tert-OH is 1. The second-order valence-electron chi connectivity index (χ2n) is 15.5. The molecular formula is C32H54N2O4. The fourth-order valence-electron chi connectivity index (χ4n) is 10.4. The molecule has 0 aliphatic heterocycles. The van der Waals surface area contributed by atoms with Gasteiger partial charge in [0.15, 0.2) is 5.78 Å². The molecule has 0 aromatic carbocycles. The molecule has 6 heteroatoms. The molecule has 1 unspecified atom stereocenters. The Morgan fingerprint density at radius 1 is 0.921 bits per heavy atom. The van der Waals surface area contributed by atoms with Crippen LogP contribution in [0.2, 0.25) is 0 Å². The highest BCUT2D eigenvalue weighted by Crippen LogP contribution is 2.75. The second kappa shape index (κ2) is 9.41. The molecular weight excluding hydrogens is 476 g/mol. The summed E-state index contributed by atoms with van der Waals surface area (Å²) in [6, 6.07) is 0. The van der Waals surface area contributed by atoms with E-state index in [0.29, 0.717) is 25.4 Å². The number of carboxylic acids is 1. The molecule has 216 valence electrons. The van der Waals surface area contributed by atoms with E-state index in [9.17, 15) is 19.8 Å². The summed E-state index contributed by atoms with van der Waals surface area (Å²) in [6.45, 7) is 17.0. The number of ketones is 1. The molecule has 0 aromatic heterocycles. The van der Waals surface area contributed by atoms with Crippen molar-refractivity contribution in [3.8, 4) is 0 Å². The van der Waals surface area contributed by atoms with E-state index in [1.165, 1.54) is 5.57 Å². The minimum absolute atomic E-state index is 0.0296. The van der Waals surface area contributed by atoms with Crippen molar-refractivity contribution in [3.05, 3.63) is 11.6 Å². The topological polar surface area (TPSA) is 127 Å². The van der Waals surface area contributed by atoms with Gasteiger partial charge < -0.3 is 21.7 Å². The zero-order valence-electron chi connectivity index (χ0n) is 25.0. The Kier molecular flexibility index (Phi) is 7.36. The van der Waals surface area contributed by atoms with Gasteiger partial charge in [0.25, 0.3) is 0 Å². The smallest absolute Gasteiger partial charge is 0.309 e. The van der Waals surface area contributed by atoms with E-state index in [0.717, 1.165) is 51.4 Å². The van der Waals surface area contributed by atoms with Gasteiger partial charge in [-0.2, -0.15) is 0 Å². The molecule has 4 saturated carbocycles. The lowest BCUT2D eigenvalue weighted by Gasteiger charge is -2.70. The van der Waals surface area contributed by atoms with E-state index < -0.39 is 11.4 Å². The summed E-state index contributed by atoms with van der Waals surface area (Å²) in [5, 5.41) is 20.9. The van der Waals surface area contributed by atoms with Crippen molar-refractivity contribution >= 4 is 11.8 Å². The van der Waals surface area contributed by atoms with Gasteiger partial charge in [0.05, 0.1) is 11.5 Å². The standard InChI is InChI=1S/C30H46O4.C2H8N2/c1-25(2)21-8-11-30(7)23(28(21,5)10-9-22(25)32)20(31)16-18-19-17-27(4,24(33)34)13-12-26(19,3)14-15-29(18,30)6;3-1-2-4/h16,19,21-23,32H,8-15,17H2,1-7H3,(H,33,34);1-4H2/t19-,21?,22+,23-,26-,27+,28+,29-,30-;/m1./s1. The van der Waals surface area contributed by atoms with Crippen LogP contribution in [0.25, 0.3) is 0 Å². The van der Waals surface area contributed by atoms with E-state index in [1.807, 2.05) is 13.0 Å². The van der Waals surface area contributed by atoms with Crippen LogP contribution in [0.3, 0.4) is 0 Å². The number of rotatable bonds is 2. The summed E-state index contributed by atoms with van der Waals surface area (Å²) in [6.07, 6.45) is 9.95. The van der Waals surface area contributed by atoms with Gasteiger partial charge in [-0.25, -0.2) is 0 Å². The zero-order valence-corrected chi connectivity index (χ0v) is 25.0. The molecule has 38 heavy (non-hydrogen) atoms. The van der Waals surface area contributed by atoms with Gasteiger partial charge in [-0.3, -0.25) is 9.59 Å². The maximum atomic E-state index is 14.2. The number of nitrogens with two attached hydrogens (primary N) is 2. The molecule has 0 bridgehead atoms. The normalized spacial score (nSPS) is 49.2. The number of hydrogen-bond acceptors (Lipinski definition) is 5. The highest BCUT2D eigenvalue weighted by Gasteiger charge is 2.70. The quantitative estimate of drug-likeness (QED) is 0.383. The SMILES string of the molecule is CC1(C)C2CC[C@]3(C)[C@H](C(=O)C=C4[C@H]5C[C@@](C)(C(=O)O)CC[C@]5(C)CC[C@]43C)[C@@]2(C)CC[C@@H]1O.NCCN. The first-order chi connectivity index (χ1) is 17.5. The third-order valence-electron chi connectivity index (χ3n) is 13.2. The molecule has 0 amide bonds. The average molecular weight is 531 g/mol. The summed E-state index contributed by atoms with van der Waals surface area (Å²) in [7, 11) is 0. The van der Waals surface area contributed by atoms with Gasteiger partial charge in [0.2, 0.25) is 0 Å². The third kappa shape index (κ3) is 3.98. The number of allylic oxidation sites excluding steroid dienone is 2. The summed E-state index contributed by atoms with van der Waals surface area (Å²) in [5.74, 6) is 0.0603. The second-order valence-corrected chi connectivity index (χ2v) is 15.5. The van der Waals surface area contributed by atoms with Crippen molar-refractivity contribution in [2.45, 2.75) is 112 Å². The Bertz CT molecular complexity index is 1010. The minimum Gasteiger partial charge on any atom is -0.481 e. The number of carboxylic acid groups (broad SMARTS) is 1. The molecule has 0 heterocycles. The molecule has 0 aromatic rings. The Balaban J connectivity index is 0.000000786. The van der Waals surface area contributed by atoms with Crippen LogP contribution in [-0.2, 0) is 9.59 Å². The molecule has 0 spiro atoms. The van der Waals surface area contributed by atoms with Crippen LogP contribution in [0.4, 0.5) is 0 Å². The lowest BCUT2D eigenvalue weighted by molar-refractivity contribution is -0.202. The maximum Gasteiger partial charge on any atom is 0.309 e. The van der Waals surface area contributed by atoms with E-state index in [2.05, 4.69) is 41.5 Å². The molecule has 9 atom stereocenters. The fourth-order valence-corrected chi connectivity index (χ4v) is 10.4. The number of aliphatic hydroxyl groups is 1. The van der Waals surface area contributed by atoms with Crippen LogP contribution in [0, 0.1) is 50.2 Å². The van der Waals surface area contributed by atoms with Crippen molar-refractivity contribution in [1.29, 1.82) is 0 Å². The number of fused-ring (bicyclic) bond motifs is 7. The van der Waals surface area contributed by atoms with Gasteiger partial charge in [0.1, 0.15) is 0 Å². The Hall–Kier alpha value is -1.24.